The average molecular weight is 430 g/mol. The molecule has 0 unspecified atom stereocenters. The molecular weight excluding hydrogens is 415 g/mol. The normalized spacial score (nSPS) is 14.1. The van der Waals surface area contributed by atoms with Gasteiger partial charge >= 0.3 is 6.36 Å². The fourth-order valence-electron chi connectivity index (χ4n) is 3.18. The van der Waals surface area contributed by atoms with Crippen molar-refractivity contribution in [1.29, 1.82) is 0 Å². The highest BCUT2D eigenvalue weighted by atomic mass is 19.4. The molecule has 0 atom stereocenters. The van der Waals surface area contributed by atoms with Gasteiger partial charge in [-0.1, -0.05) is 0 Å². The maximum Gasteiger partial charge on any atom is 0.573 e. The second-order valence-electron chi connectivity index (χ2n) is 6.84. The zero-order valence-electron chi connectivity index (χ0n) is 16.0. The maximum absolute atomic E-state index is 13.3. The van der Waals surface area contributed by atoms with Crippen LogP contribution < -0.4 is 0 Å². The lowest BCUT2D eigenvalue weighted by Gasteiger charge is -2.16. The molecule has 0 aliphatic heterocycles. The molecular formula is C23H15F5N2O. The van der Waals surface area contributed by atoms with Crippen LogP contribution in [-0.4, -0.2) is 16.3 Å². The Balaban J connectivity index is 1.80. The first-order chi connectivity index (χ1) is 14.8. The quantitative estimate of drug-likeness (QED) is 0.433. The number of rotatable bonds is 4. The molecule has 4 rings (SSSR count). The standard InChI is InChI=1S/C23H15F5N2O/c24-17-8-4-14(5-9-17)20-13-21(15-6-10-18(25)11-7-15)30-22(29-20)16-2-1-3-19(12-16)31-23(26,27)28/h3-13H,1-2H2. The van der Waals surface area contributed by atoms with Crippen molar-refractivity contribution in [3.8, 4) is 22.5 Å². The van der Waals surface area contributed by atoms with E-state index in [0.29, 0.717) is 40.9 Å². The number of benzene rings is 2. The van der Waals surface area contributed by atoms with Gasteiger partial charge in [-0.25, -0.2) is 18.7 Å². The molecule has 158 valence electrons. The molecule has 1 aliphatic carbocycles. The first-order valence-electron chi connectivity index (χ1n) is 9.35. The lowest BCUT2D eigenvalue weighted by Crippen LogP contribution is -2.13. The van der Waals surface area contributed by atoms with E-state index in [0.717, 1.165) is 0 Å². The Morgan fingerprint density at radius 3 is 1.77 bits per heavy atom. The molecule has 8 heteroatoms. The number of allylic oxidation sites excluding steroid dienone is 3. The summed E-state index contributed by atoms with van der Waals surface area (Å²) in [6.07, 6.45) is -1.45. The number of halogens is 5. The van der Waals surface area contributed by atoms with Gasteiger partial charge in [0.1, 0.15) is 17.4 Å². The first kappa shape index (κ1) is 20.7. The van der Waals surface area contributed by atoms with E-state index in [1.165, 1.54) is 36.4 Å². The van der Waals surface area contributed by atoms with Crippen molar-refractivity contribution in [3.63, 3.8) is 0 Å². The Morgan fingerprint density at radius 2 is 1.29 bits per heavy atom. The molecule has 0 saturated heterocycles. The van der Waals surface area contributed by atoms with Crippen LogP contribution in [0.15, 0.2) is 72.5 Å². The lowest BCUT2D eigenvalue weighted by molar-refractivity contribution is -0.303. The molecule has 0 fully saturated rings. The lowest BCUT2D eigenvalue weighted by atomic mass is 10.0. The van der Waals surface area contributed by atoms with Crippen LogP contribution >= 0.6 is 0 Å². The van der Waals surface area contributed by atoms with Crippen LogP contribution in [0, 0.1) is 11.6 Å². The second-order valence-corrected chi connectivity index (χ2v) is 6.84. The van der Waals surface area contributed by atoms with Gasteiger partial charge in [0, 0.05) is 16.7 Å². The molecule has 0 N–H and O–H groups in total. The van der Waals surface area contributed by atoms with Crippen molar-refractivity contribution < 1.29 is 26.7 Å². The summed E-state index contributed by atoms with van der Waals surface area (Å²) in [6, 6.07) is 13.0. The van der Waals surface area contributed by atoms with Gasteiger partial charge in [-0.3, -0.25) is 0 Å². The van der Waals surface area contributed by atoms with Crippen molar-refractivity contribution in [2.45, 2.75) is 19.2 Å². The zero-order chi connectivity index (χ0) is 22.0. The van der Waals surface area contributed by atoms with Gasteiger partial charge in [0.25, 0.3) is 0 Å². The minimum Gasteiger partial charge on any atom is -0.406 e. The molecule has 0 radical (unpaired) electrons. The summed E-state index contributed by atoms with van der Waals surface area (Å²) in [4.78, 5) is 8.98. The smallest absolute Gasteiger partial charge is 0.406 e. The van der Waals surface area contributed by atoms with Crippen molar-refractivity contribution in [3.05, 3.63) is 90.0 Å². The summed E-state index contributed by atoms with van der Waals surface area (Å²) in [5, 5.41) is 0. The van der Waals surface area contributed by atoms with E-state index < -0.39 is 18.0 Å². The highest BCUT2D eigenvalue weighted by Gasteiger charge is 2.32. The van der Waals surface area contributed by atoms with Gasteiger partial charge in [0.15, 0.2) is 5.82 Å². The van der Waals surface area contributed by atoms with Gasteiger partial charge in [0.2, 0.25) is 0 Å². The number of aromatic nitrogens is 2. The molecule has 1 heterocycles. The summed E-state index contributed by atoms with van der Waals surface area (Å²) in [5.41, 5.74) is 2.59. The van der Waals surface area contributed by atoms with E-state index in [-0.39, 0.29) is 11.6 Å². The molecule has 0 saturated carbocycles. The molecule has 2 aromatic carbocycles. The Labute approximate surface area is 174 Å². The van der Waals surface area contributed by atoms with Crippen LogP contribution in [0.25, 0.3) is 28.1 Å². The largest absolute Gasteiger partial charge is 0.573 e. The summed E-state index contributed by atoms with van der Waals surface area (Å²) in [6.45, 7) is 0. The Kier molecular flexibility index (Phi) is 5.54. The Hall–Kier alpha value is -3.55. The number of ether oxygens (including phenoxy) is 1. The predicted octanol–water partition coefficient (Wildman–Crippen LogP) is 6.69. The van der Waals surface area contributed by atoms with E-state index in [9.17, 15) is 22.0 Å². The zero-order valence-corrected chi connectivity index (χ0v) is 16.0. The average Bonchev–Trinajstić information content (AvgIpc) is 2.73. The highest BCUT2D eigenvalue weighted by molar-refractivity contribution is 5.72. The Bertz CT molecular complexity index is 1090. The van der Waals surface area contributed by atoms with E-state index in [1.807, 2.05) is 0 Å². The third-order valence-corrected chi connectivity index (χ3v) is 4.60. The molecule has 0 bridgehead atoms. The van der Waals surface area contributed by atoms with Crippen molar-refractivity contribution in [2.24, 2.45) is 0 Å². The van der Waals surface area contributed by atoms with E-state index in [4.69, 9.17) is 0 Å². The van der Waals surface area contributed by atoms with Crippen molar-refractivity contribution in [2.75, 3.05) is 0 Å². The van der Waals surface area contributed by atoms with Gasteiger partial charge in [-0.15, -0.1) is 13.2 Å². The molecule has 1 aliphatic rings. The van der Waals surface area contributed by atoms with E-state index in [2.05, 4.69) is 14.7 Å². The molecule has 0 amide bonds. The van der Waals surface area contributed by atoms with Crippen LogP contribution in [0.5, 0.6) is 0 Å². The van der Waals surface area contributed by atoms with Crippen LogP contribution in [0.4, 0.5) is 22.0 Å². The number of nitrogens with zero attached hydrogens (tertiary/aromatic N) is 2. The van der Waals surface area contributed by atoms with E-state index in [1.54, 1.807) is 30.3 Å². The minimum absolute atomic E-state index is 0.220. The monoisotopic (exact) mass is 430 g/mol. The molecule has 3 aromatic rings. The van der Waals surface area contributed by atoms with Gasteiger partial charge in [-0.05, 0) is 79.6 Å². The number of hydrogen-bond donors (Lipinski definition) is 0. The SMILES string of the molecule is Fc1ccc(-c2cc(-c3ccc(F)cc3)nc(C3=CC(OC(F)(F)F)=CCC3)n2)cc1. The van der Waals surface area contributed by atoms with Gasteiger partial charge < -0.3 is 4.74 Å². The molecule has 0 spiro atoms. The summed E-state index contributed by atoms with van der Waals surface area (Å²) >= 11 is 0. The topological polar surface area (TPSA) is 35.0 Å². The van der Waals surface area contributed by atoms with E-state index >= 15 is 0 Å². The van der Waals surface area contributed by atoms with Crippen molar-refractivity contribution in [1.82, 2.24) is 9.97 Å². The number of hydrogen-bond acceptors (Lipinski definition) is 3. The first-order valence-corrected chi connectivity index (χ1v) is 9.35. The fraction of sp³-hybridized carbons (Fsp3) is 0.130. The molecule has 31 heavy (non-hydrogen) atoms. The third kappa shape index (κ3) is 5.14. The Morgan fingerprint density at radius 1 is 0.774 bits per heavy atom. The van der Waals surface area contributed by atoms with Crippen LogP contribution in [-0.2, 0) is 4.74 Å². The predicted molar refractivity (Wildman–Crippen MR) is 105 cm³/mol. The van der Waals surface area contributed by atoms with Crippen LogP contribution in [0.2, 0.25) is 0 Å². The summed E-state index contributed by atoms with van der Waals surface area (Å²) in [5.74, 6) is -0.929. The molecule has 3 nitrogen and oxygen atoms in total. The van der Waals surface area contributed by atoms with Gasteiger partial charge in [0.05, 0.1) is 11.4 Å². The van der Waals surface area contributed by atoms with Crippen LogP contribution in [0.3, 0.4) is 0 Å². The minimum atomic E-state index is -4.80. The highest BCUT2D eigenvalue weighted by Crippen LogP contribution is 2.32. The van der Waals surface area contributed by atoms with Crippen molar-refractivity contribution >= 4 is 5.57 Å². The maximum atomic E-state index is 13.3. The van der Waals surface area contributed by atoms with Gasteiger partial charge in [-0.2, -0.15) is 0 Å². The molecule has 1 aromatic heterocycles. The van der Waals surface area contributed by atoms with Crippen LogP contribution in [0.1, 0.15) is 18.7 Å². The number of alkyl halides is 3. The fourth-order valence-corrected chi connectivity index (χ4v) is 3.18. The third-order valence-electron chi connectivity index (χ3n) is 4.60. The summed E-state index contributed by atoms with van der Waals surface area (Å²) < 4.78 is 68.6. The summed E-state index contributed by atoms with van der Waals surface area (Å²) in [7, 11) is 0. The second kappa shape index (κ2) is 8.29.